The van der Waals surface area contributed by atoms with Gasteiger partial charge in [-0.25, -0.2) is 4.98 Å². The molecule has 1 amide bonds. The zero-order valence-corrected chi connectivity index (χ0v) is 12.9. The van der Waals surface area contributed by atoms with Crippen LogP contribution in [0.15, 0.2) is 10.8 Å². The number of likely N-dealkylation sites (tertiary alicyclic amines) is 1. The van der Waals surface area contributed by atoms with Crippen molar-refractivity contribution in [2.45, 2.75) is 32.2 Å². The summed E-state index contributed by atoms with van der Waals surface area (Å²) in [5, 5.41) is 3.22. The second-order valence-electron chi connectivity index (χ2n) is 4.36. The summed E-state index contributed by atoms with van der Waals surface area (Å²) in [6, 6.07) is 0.393. The minimum Gasteiger partial charge on any atom is -0.448 e. The van der Waals surface area contributed by atoms with Gasteiger partial charge in [0, 0.05) is 25.6 Å². The van der Waals surface area contributed by atoms with E-state index in [0.717, 1.165) is 25.9 Å². The molecule has 110 valence electrons. The molecular weight excluding hydrogens is 289 g/mol. The molecule has 19 heavy (non-hydrogen) atoms. The number of aromatic nitrogens is 1. The Kier molecular flexibility index (Phi) is 8.06. The van der Waals surface area contributed by atoms with Gasteiger partial charge in [-0.15, -0.1) is 24.8 Å². The van der Waals surface area contributed by atoms with Crippen LogP contribution in [0.1, 0.15) is 36.0 Å². The van der Waals surface area contributed by atoms with Gasteiger partial charge >= 0.3 is 0 Å². The lowest BCUT2D eigenvalue weighted by atomic mass is 10.1. The van der Waals surface area contributed by atoms with Crippen molar-refractivity contribution in [2.75, 3.05) is 20.1 Å². The Bertz CT molecular complexity index is 398. The zero-order chi connectivity index (χ0) is 12.3. The van der Waals surface area contributed by atoms with Crippen LogP contribution >= 0.6 is 24.8 Å². The zero-order valence-electron chi connectivity index (χ0n) is 11.2. The monoisotopic (exact) mass is 309 g/mol. The van der Waals surface area contributed by atoms with Crippen molar-refractivity contribution < 1.29 is 9.21 Å². The molecule has 2 heterocycles. The highest BCUT2D eigenvalue weighted by Gasteiger charge is 2.26. The smallest absolute Gasteiger partial charge is 0.276 e. The number of nitrogens with zero attached hydrogens (tertiary/aromatic N) is 2. The van der Waals surface area contributed by atoms with Gasteiger partial charge in [-0.3, -0.25) is 4.79 Å². The van der Waals surface area contributed by atoms with Crippen molar-refractivity contribution in [3.05, 3.63) is 17.8 Å². The van der Waals surface area contributed by atoms with E-state index in [1.807, 2.05) is 18.9 Å². The maximum Gasteiger partial charge on any atom is 0.276 e. The van der Waals surface area contributed by atoms with Gasteiger partial charge in [0.15, 0.2) is 12.1 Å². The van der Waals surface area contributed by atoms with Crippen molar-refractivity contribution in [1.82, 2.24) is 15.2 Å². The molecule has 1 saturated heterocycles. The number of rotatable bonds is 3. The normalized spacial score (nSPS) is 18.4. The van der Waals surface area contributed by atoms with Crippen LogP contribution in [-0.2, 0) is 6.42 Å². The van der Waals surface area contributed by atoms with Crippen LogP contribution in [0.4, 0.5) is 0 Å². The fourth-order valence-electron chi connectivity index (χ4n) is 2.24. The van der Waals surface area contributed by atoms with Crippen LogP contribution in [0.25, 0.3) is 0 Å². The lowest BCUT2D eigenvalue weighted by molar-refractivity contribution is 0.0690. The molecule has 5 nitrogen and oxygen atoms in total. The minimum atomic E-state index is -0.00412. The molecule has 1 aliphatic heterocycles. The van der Waals surface area contributed by atoms with Gasteiger partial charge in [0.05, 0.1) is 0 Å². The molecular formula is C12H21Cl2N3O2. The first-order valence-corrected chi connectivity index (χ1v) is 6.15. The molecule has 1 N–H and O–H groups in total. The van der Waals surface area contributed by atoms with Gasteiger partial charge in [0.25, 0.3) is 5.91 Å². The number of likely N-dealkylation sites (N-methyl/N-ethyl adjacent to an activating group) is 1. The van der Waals surface area contributed by atoms with E-state index in [2.05, 4.69) is 10.3 Å². The Morgan fingerprint density at radius 2 is 2.32 bits per heavy atom. The molecule has 1 aromatic rings. The third-order valence-electron chi connectivity index (χ3n) is 3.28. The standard InChI is InChI=1S/C12H19N3O2.2ClH/c1-3-10-11(14-8-17-10)12(16)15-6-4-5-9(7-15)13-2;;/h8-9,13H,3-7H2,1-2H3;2*1H. The van der Waals surface area contributed by atoms with E-state index in [0.29, 0.717) is 23.9 Å². The number of halogens is 2. The van der Waals surface area contributed by atoms with E-state index in [1.54, 1.807) is 0 Å². The number of carbonyl (C=O) groups excluding carboxylic acids is 1. The summed E-state index contributed by atoms with van der Waals surface area (Å²) in [5.41, 5.74) is 0.476. The van der Waals surface area contributed by atoms with Crippen molar-refractivity contribution in [1.29, 1.82) is 0 Å². The third kappa shape index (κ3) is 4.09. The Balaban J connectivity index is 0.00000162. The summed E-state index contributed by atoms with van der Waals surface area (Å²) < 4.78 is 5.20. The van der Waals surface area contributed by atoms with Gasteiger partial charge in [0.1, 0.15) is 5.76 Å². The second kappa shape index (κ2) is 8.40. The first kappa shape index (κ1) is 18.2. The van der Waals surface area contributed by atoms with Gasteiger partial charge in [-0.1, -0.05) is 6.92 Å². The van der Waals surface area contributed by atoms with Crippen LogP contribution in [0.3, 0.4) is 0 Å². The van der Waals surface area contributed by atoms with Gasteiger partial charge < -0.3 is 14.6 Å². The number of piperidine rings is 1. The number of hydrogen-bond acceptors (Lipinski definition) is 4. The Morgan fingerprint density at radius 1 is 1.58 bits per heavy atom. The van der Waals surface area contributed by atoms with E-state index >= 15 is 0 Å². The second-order valence-corrected chi connectivity index (χ2v) is 4.36. The molecule has 1 aromatic heterocycles. The Morgan fingerprint density at radius 3 is 2.95 bits per heavy atom. The average molecular weight is 310 g/mol. The molecule has 1 atom stereocenters. The SMILES string of the molecule is CCc1ocnc1C(=O)N1CCCC(NC)C1.Cl.Cl. The fraction of sp³-hybridized carbons (Fsp3) is 0.667. The van der Waals surface area contributed by atoms with Crippen LogP contribution in [0.2, 0.25) is 0 Å². The molecule has 7 heteroatoms. The fourth-order valence-corrected chi connectivity index (χ4v) is 2.24. The molecule has 1 fully saturated rings. The summed E-state index contributed by atoms with van der Waals surface area (Å²) in [6.45, 7) is 3.53. The van der Waals surface area contributed by atoms with Crippen molar-refractivity contribution >= 4 is 30.7 Å². The van der Waals surface area contributed by atoms with E-state index in [4.69, 9.17) is 4.42 Å². The van der Waals surface area contributed by atoms with Crippen molar-refractivity contribution in [2.24, 2.45) is 0 Å². The number of amides is 1. The third-order valence-corrected chi connectivity index (χ3v) is 3.28. The molecule has 0 bridgehead atoms. The number of oxazole rings is 1. The van der Waals surface area contributed by atoms with Gasteiger partial charge in [-0.05, 0) is 19.9 Å². The van der Waals surface area contributed by atoms with Crippen molar-refractivity contribution in [3.8, 4) is 0 Å². The summed E-state index contributed by atoms with van der Waals surface area (Å²) >= 11 is 0. The van der Waals surface area contributed by atoms with E-state index in [1.165, 1.54) is 6.39 Å². The Labute approximate surface area is 126 Å². The first-order valence-electron chi connectivity index (χ1n) is 6.15. The lowest BCUT2D eigenvalue weighted by Gasteiger charge is -2.32. The molecule has 0 aromatic carbocycles. The number of aryl methyl sites for hydroxylation is 1. The quantitative estimate of drug-likeness (QED) is 0.926. The number of carbonyl (C=O) groups is 1. The maximum absolute atomic E-state index is 12.3. The highest BCUT2D eigenvalue weighted by Crippen LogP contribution is 2.15. The van der Waals surface area contributed by atoms with Crippen LogP contribution in [-0.4, -0.2) is 42.0 Å². The average Bonchev–Trinajstić information content (AvgIpc) is 2.86. The van der Waals surface area contributed by atoms with Crippen LogP contribution in [0, 0.1) is 0 Å². The molecule has 0 spiro atoms. The highest BCUT2D eigenvalue weighted by molar-refractivity contribution is 5.93. The highest BCUT2D eigenvalue weighted by atomic mass is 35.5. The van der Waals surface area contributed by atoms with E-state index < -0.39 is 0 Å². The van der Waals surface area contributed by atoms with E-state index in [9.17, 15) is 4.79 Å². The minimum absolute atomic E-state index is 0. The number of nitrogens with one attached hydrogen (secondary N) is 1. The predicted molar refractivity (Wildman–Crippen MR) is 78.4 cm³/mol. The van der Waals surface area contributed by atoms with Gasteiger partial charge in [0.2, 0.25) is 0 Å². The topological polar surface area (TPSA) is 58.4 Å². The van der Waals surface area contributed by atoms with E-state index in [-0.39, 0.29) is 30.7 Å². The lowest BCUT2D eigenvalue weighted by Crippen LogP contribution is -2.47. The predicted octanol–water partition coefficient (Wildman–Crippen LogP) is 1.90. The van der Waals surface area contributed by atoms with Gasteiger partial charge in [-0.2, -0.15) is 0 Å². The van der Waals surface area contributed by atoms with Crippen molar-refractivity contribution in [3.63, 3.8) is 0 Å². The summed E-state index contributed by atoms with van der Waals surface area (Å²) in [4.78, 5) is 18.2. The molecule has 1 aliphatic rings. The van der Waals surface area contributed by atoms with Crippen LogP contribution in [0.5, 0.6) is 0 Å². The molecule has 0 aliphatic carbocycles. The summed E-state index contributed by atoms with van der Waals surface area (Å²) in [5.74, 6) is 0.678. The first-order chi connectivity index (χ1) is 8.26. The molecule has 1 unspecified atom stereocenters. The summed E-state index contributed by atoms with van der Waals surface area (Å²) in [6.07, 6.45) is 4.21. The number of hydrogen-bond donors (Lipinski definition) is 1. The maximum atomic E-state index is 12.3. The molecule has 0 radical (unpaired) electrons. The summed E-state index contributed by atoms with van der Waals surface area (Å²) in [7, 11) is 1.94. The van der Waals surface area contributed by atoms with Crippen LogP contribution < -0.4 is 5.32 Å². The largest absolute Gasteiger partial charge is 0.448 e. The molecule has 2 rings (SSSR count). The molecule has 0 saturated carbocycles. The Hall–Kier alpha value is -0.780.